The monoisotopic (exact) mass is 430 g/mol. The minimum Gasteiger partial charge on any atom is -0.450 e. The number of para-hydroxylation sites is 2. The molecule has 0 unspecified atom stereocenters. The molecule has 0 aliphatic heterocycles. The molecule has 2 rings (SSSR count). The molecule has 0 heterocycles. The molecule has 0 aliphatic rings. The summed E-state index contributed by atoms with van der Waals surface area (Å²) in [6.07, 6.45) is -3.83. The molecule has 0 N–H and O–H groups in total. The third-order valence-electron chi connectivity index (χ3n) is 2.77. The maximum atomic E-state index is 11.0. The van der Waals surface area contributed by atoms with Crippen LogP contribution >= 0.6 is 0 Å². The zero-order valence-corrected chi connectivity index (χ0v) is 16.5. The number of hydrogen-bond acceptors (Lipinski definition) is 8. The summed E-state index contributed by atoms with van der Waals surface area (Å²) in [7, 11) is 1.13. The second-order valence-corrected chi connectivity index (χ2v) is 4.93. The van der Waals surface area contributed by atoms with Gasteiger partial charge >= 0.3 is 24.4 Å². The van der Waals surface area contributed by atoms with Crippen LogP contribution in [0.25, 0.3) is 0 Å². The highest BCUT2D eigenvalue weighted by molar-refractivity contribution is 5.75. The molecule has 0 saturated carbocycles. The van der Waals surface area contributed by atoms with Crippen LogP contribution in [0.5, 0.6) is 11.5 Å². The molecule has 0 radical (unpaired) electrons. The van der Waals surface area contributed by atoms with E-state index in [1.165, 1.54) is 0 Å². The van der Waals surface area contributed by atoms with Crippen LogP contribution in [0.4, 0.5) is 19.2 Å². The molecule has 0 spiro atoms. The Bertz CT molecular complexity index is 917. The van der Waals surface area contributed by atoms with E-state index in [0.717, 1.165) is 7.11 Å². The van der Waals surface area contributed by atoms with Gasteiger partial charge in [-0.1, -0.05) is 56.9 Å². The topological polar surface area (TPSA) is 155 Å². The van der Waals surface area contributed by atoms with Gasteiger partial charge in [0.05, 0.1) is 13.7 Å². The van der Waals surface area contributed by atoms with Gasteiger partial charge in [-0.15, -0.1) is 0 Å². The minimum atomic E-state index is -0.980. The van der Waals surface area contributed by atoms with Crippen molar-refractivity contribution in [1.82, 2.24) is 0 Å². The van der Waals surface area contributed by atoms with Gasteiger partial charge in [0, 0.05) is 0 Å². The molecule has 31 heavy (non-hydrogen) atoms. The van der Waals surface area contributed by atoms with Crippen molar-refractivity contribution >= 4 is 24.4 Å². The first kappa shape index (κ1) is 24.6. The molecule has 2 aromatic carbocycles. The van der Waals surface area contributed by atoms with E-state index in [4.69, 9.17) is 9.47 Å². The predicted octanol–water partition coefficient (Wildman–Crippen LogP) is 5.20. The number of carbonyl (C=O) groups excluding carboxylic acids is 4. The van der Waals surface area contributed by atoms with E-state index in [0.29, 0.717) is 11.5 Å². The summed E-state index contributed by atoms with van der Waals surface area (Å²) in [5.41, 5.74) is 0. The quantitative estimate of drug-likeness (QED) is 0.602. The maximum absolute atomic E-state index is 11.0. The lowest BCUT2D eigenvalue weighted by molar-refractivity contribution is 0.160. The van der Waals surface area contributed by atoms with E-state index in [2.05, 4.69) is 29.9 Å². The largest absolute Gasteiger partial charge is 0.458 e. The average Bonchev–Trinajstić information content (AvgIpc) is 2.78. The normalized spacial score (nSPS) is 10.0. The molecule has 0 saturated heterocycles. The summed E-state index contributed by atoms with van der Waals surface area (Å²) < 4.78 is 18.0. The number of benzene rings is 2. The van der Waals surface area contributed by atoms with Gasteiger partial charge in [0.15, 0.2) is 0 Å². The number of ether oxygens (including phenoxy) is 4. The minimum absolute atomic E-state index is 0.172. The van der Waals surface area contributed by atoms with Crippen LogP contribution < -0.4 is 9.47 Å². The molecule has 0 atom stereocenters. The van der Waals surface area contributed by atoms with Crippen LogP contribution in [0.3, 0.4) is 0 Å². The zero-order chi connectivity index (χ0) is 22.9. The van der Waals surface area contributed by atoms with Crippen LogP contribution in [0.15, 0.2) is 81.1 Å². The molecule has 0 aliphatic carbocycles. The number of carbonyl (C=O) groups is 4. The van der Waals surface area contributed by atoms with Crippen molar-refractivity contribution in [3.05, 3.63) is 60.7 Å². The molecule has 0 fully saturated rings. The van der Waals surface area contributed by atoms with Crippen molar-refractivity contribution < 1.29 is 38.1 Å². The standard InChI is InChI=1S/C10H10N2O4.C9H8N2O4/c1-2-15-9(13)11-12-10(14)16-8-6-4-3-5-7-8;1-14-8(12)10-11-9(13)15-7-5-3-2-4-6-7/h3-7H,2H2,1H3;2-6H,1H3. The van der Waals surface area contributed by atoms with E-state index in [1.807, 2.05) is 0 Å². The number of rotatable bonds is 3. The van der Waals surface area contributed by atoms with Crippen molar-refractivity contribution in [3.8, 4) is 11.5 Å². The van der Waals surface area contributed by atoms with Gasteiger partial charge in [-0.3, -0.25) is 0 Å². The lowest BCUT2D eigenvalue weighted by Gasteiger charge is -1.97. The predicted molar refractivity (Wildman–Crippen MR) is 104 cm³/mol. The summed E-state index contributed by atoms with van der Waals surface area (Å²) in [6.45, 7) is 1.79. The fourth-order valence-corrected chi connectivity index (χ4v) is 1.58. The smallest absolute Gasteiger partial charge is 0.450 e. The van der Waals surface area contributed by atoms with Crippen molar-refractivity contribution in [2.24, 2.45) is 20.5 Å². The summed E-state index contributed by atoms with van der Waals surface area (Å²) >= 11 is 0. The molecule has 0 aromatic heterocycles. The van der Waals surface area contributed by atoms with Crippen LogP contribution in [-0.4, -0.2) is 38.1 Å². The third kappa shape index (κ3) is 11.8. The van der Waals surface area contributed by atoms with E-state index >= 15 is 0 Å². The Morgan fingerprint density at radius 2 is 1.03 bits per heavy atom. The van der Waals surface area contributed by atoms with E-state index in [9.17, 15) is 19.2 Å². The molecule has 12 heteroatoms. The van der Waals surface area contributed by atoms with Gasteiger partial charge < -0.3 is 18.9 Å². The fourth-order valence-electron chi connectivity index (χ4n) is 1.58. The number of hydrogen-bond donors (Lipinski definition) is 0. The molecular formula is C19H18N4O8. The molecule has 2 aromatic rings. The number of methoxy groups -OCH3 is 1. The summed E-state index contributed by atoms with van der Waals surface area (Å²) in [5.74, 6) is 0.654. The van der Waals surface area contributed by atoms with Crippen LogP contribution in [0.1, 0.15) is 6.92 Å². The van der Waals surface area contributed by atoms with Crippen molar-refractivity contribution in [2.45, 2.75) is 6.92 Å². The Morgan fingerprint density at radius 3 is 1.42 bits per heavy atom. The molecule has 4 amide bonds. The lowest BCUT2D eigenvalue weighted by atomic mass is 10.3. The highest BCUT2D eigenvalue weighted by Gasteiger charge is 2.04. The van der Waals surface area contributed by atoms with E-state index in [1.54, 1.807) is 67.6 Å². The third-order valence-corrected chi connectivity index (χ3v) is 2.77. The fraction of sp³-hybridized carbons (Fsp3) is 0.158. The van der Waals surface area contributed by atoms with Crippen LogP contribution in [0.2, 0.25) is 0 Å². The molecular weight excluding hydrogens is 412 g/mol. The van der Waals surface area contributed by atoms with Gasteiger partial charge in [-0.2, -0.15) is 0 Å². The van der Waals surface area contributed by atoms with Gasteiger partial charge in [0.1, 0.15) is 11.5 Å². The Balaban J connectivity index is 0.000000311. The molecule has 162 valence electrons. The van der Waals surface area contributed by atoms with Gasteiger partial charge in [0.2, 0.25) is 0 Å². The Kier molecular flexibility index (Phi) is 11.5. The lowest BCUT2D eigenvalue weighted by Crippen LogP contribution is -2.03. The average molecular weight is 430 g/mol. The number of azo groups is 2. The second-order valence-electron chi connectivity index (χ2n) is 4.93. The highest BCUT2D eigenvalue weighted by atomic mass is 16.6. The van der Waals surface area contributed by atoms with E-state index in [-0.39, 0.29) is 6.61 Å². The molecule has 0 bridgehead atoms. The molecule has 12 nitrogen and oxygen atoms in total. The Labute approximate surface area is 176 Å². The van der Waals surface area contributed by atoms with Crippen LogP contribution in [0, 0.1) is 0 Å². The second kappa shape index (κ2) is 14.5. The summed E-state index contributed by atoms with van der Waals surface area (Å²) in [5, 5.41) is 11.9. The first-order chi connectivity index (χ1) is 14.9. The Morgan fingerprint density at radius 1 is 0.645 bits per heavy atom. The first-order valence-corrected chi connectivity index (χ1v) is 8.56. The van der Waals surface area contributed by atoms with Gasteiger partial charge in [-0.25, -0.2) is 19.2 Å². The van der Waals surface area contributed by atoms with Crippen molar-refractivity contribution in [2.75, 3.05) is 13.7 Å². The maximum Gasteiger partial charge on any atom is 0.458 e. The van der Waals surface area contributed by atoms with Crippen LogP contribution in [-0.2, 0) is 9.47 Å². The van der Waals surface area contributed by atoms with Crippen molar-refractivity contribution in [1.29, 1.82) is 0 Å². The summed E-state index contributed by atoms with van der Waals surface area (Å²) in [4.78, 5) is 43.2. The number of amides is 4. The van der Waals surface area contributed by atoms with Gasteiger partial charge in [0.25, 0.3) is 0 Å². The SMILES string of the molecule is CCOC(=O)N=NC(=O)Oc1ccccc1.COC(=O)N=NC(=O)Oc1ccccc1. The first-order valence-electron chi connectivity index (χ1n) is 8.56. The van der Waals surface area contributed by atoms with Crippen molar-refractivity contribution in [3.63, 3.8) is 0 Å². The Hall–Kier alpha value is -4.48. The van der Waals surface area contributed by atoms with E-state index < -0.39 is 24.4 Å². The zero-order valence-electron chi connectivity index (χ0n) is 16.5. The number of nitrogens with zero attached hydrogens (tertiary/aromatic N) is 4. The van der Waals surface area contributed by atoms with Gasteiger partial charge in [-0.05, 0) is 31.2 Å². The highest BCUT2D eigenvalue weighted by Crippen LogP contribution is 2.10. The summed E-state index contributed by atoms with van der Waals surface area (Å²) in [6, 6.07) is 16.6.